The Labute approximate surface area is 236 Å². The lowest BCUT2D eigenvalue weighted by Crippen LogP contribution is -2.52. The second-order valence-electron chi connectivity index (χ2n) is 10.8. The number of piperazine rings is 1. The highest BCUT2D eigenvalue weighted by atomic mass is 35.5. The van der Waals surface area contributed by atoms with Crippen molar-refractivity contribution in [1.29, 1.82) is 0 Å². The molecule has 0 spiro atoms. The van der Waals surface area contributed by atoms with Gasteiger partial charge in [0, 0.05) is 43.9 Å². The Morgan fingerprint density at radius 1 is 1.21 bits per heavy atom. The SMILES string of the molecule is CC(C)CC(NC(=O)c1ccc(-c2nc(N3CCN(C)CC3)sc2F)cc1)C(=O)N1CC(Cl)C2OCC(=O)C21. The van der Waals surface area contributed by atoms with Gasteiger partial charge in [-0.25, -0.2) is 4.98 Å². The zero-order chi connectivity index (χ0) is 27.8. The van der Waals surface area contributed by atoms with Crippen molar-refractivity contribution in [2.75, 3.05) is 51.3 Å². The van der Waals surface area contributed by atoms with Gasteiger partial charge in [0.05, 0.1) is 5.38 Å². The number of hydrogen-bond donors (Lipinski definition) is 1. The van der Waals surface area contributed by atoms with Gasteiger partial charge in [-0.3, -0.25) is 14.4 Å². The standard InChI is InChI=1S/C27H33ClFN5O4S/c1-15(2)12-19(26(37)34-13-18(28)23-22(34)20(35)14-38-23)30-25(36)17-6-4-16(5-7-17)21-24(29)39-27(31-21)33-10-8-32(3)9-11-33/h4-7,15,18-19,22-23H,8-14H2,1-3H3,(H,30,36). The van der Waals surface area contributed by atoms with Gasteiger partial charge in [0.15, 0.2) is 10.9 Å². The third-order valence-electron chi connectivity index (χ3n) is 7.48. The first-order chi connectivity index (χ1) is 18.6. The largest absolute Gasteiger partial charge is 0.366 e. The number of fused-ring (bicyclic) bond motifs is 1. The van der Waals surface area contributed by atoms with Crippen LogP contribution in [0.1, 0.15) is 30.6 Å². The van der Waals surface area contributed by atoms with E-state index in [0.717, 1.165) is 37.5 Å². The molecule has 9 nitrogen and oxygen atoms in total. The molecular formula is C27H33ClFN5O4S. The number of likely N-dealkylation sites (N-methyl/N-ethyl adjacent to an activating group) is 1. The number of amides is 2. The van der Waals surface area contributed by atoms with Crippen LogP contribution in [0, 0.1) is 11.0 Å². The summed E-state index contributed by atoms with van der Waals surface area (Å²) in [4.78, 5) is 49.4. The number of benzene rings is 1. The van der Waals surface area contributed by atoms with E-state index in [4.69, 9.17) is 16.3 Å². The summed E-state index contributed by atoms with van der Waals surface area (Å²) in [6, 6.07) is 5.00. The van der Waals surface area contributed by atoms with Crippen LogP contribution in [0.15, 0.2) is 24.3 Å². The minimum Gasteiger partial charge on any atom is -0.366 e. The first kappa shape index (κ1) is 27.9. The Kier molecular flexibility index (Phi) is 8.23. The van der Waals surface area contributed by atoms with Gasteiger partial charge in [-0.05, 0) is 31.5 Å². The predicted molar refractivity (Wildman–Crippen MR) is 148 cm³/mol. The molecule has 2 aromatic rings. The van der Waals surface area contributed by atoms with Gasteiger partial charge in [-0.15, -0.1) is 11.6 Å². The maximum Gasteiger partial charge on any atom is 0.251 e. The number of alkyl halides is 1. The van der Waals surface area contributed by atoms with Crippen molar-refractivity contribution in [2.24, 2.45) is 5.92 Å². The van der Waals surface area contributed by atoms with E-state index in [1.807, 2.05) is 13.8 Å². The summed E-state index contributed by atoms with van der Waals surface area (Å²) in [6.45, 7) is 7.43. The Morgan fingerprint density at radius 2 is 1.90 bits per heavy atom. The molecule has 0 bridgehead atoms. The van der Waals surface area contributed by atoms with Crippen LogP contribution in [0.3, 0.4) is 0 Å². The Morgan fingerprint density at radius 3 is 2.56 bits per heavy atom. The number of hydrogen-bond acceptors (Lipinski definition) is 8. The molecule has 0 radical (unpaired) electrons. The van der Waals surface area contributed by atoms with E-state index in [1.165, 1.54) is 4.90 Å². The average Bonchev–Trinajstić information content (AvgIpc) is 3.58. The van der Waals surface area contributed by atoms with Crippen LogP contribution in [-0.2, 0) is 14.3 Å². The number of likely N-dealkylation sites (tertiary alicyclic amines) is 1. The molecule has 2 amide bonds. The van der Waals surface area contributed by atoms with Crippen LogP contribution >= 0.6 is 22.9 Å². The normalized spacial score (nSPS) is 24.4. The molecule has 3 aliphatic rings. The van der Waals surface area contributed by atoms with Gasteiger partial charge >= 0.3 is 0 Å². The smallest absolute Gasteiger partial charge is 0.251 e. The van der Waals surface area contributed by atoms with Crippen molar-refractivity contribution >= 4 is 45.7 Å². The first-order valence-electron chi connectivity index (χ1n) is 13.2. The molecule has 210 valence electrons. The number of thiazole rings is 1. The Bertz CT molecular complexity index is 1230. The zero-order valence-corrected chi connectivity index (χ0v) is 23.8. The maximum atomic E-state index is 14.8. The highest BCUT2D eigenvalue weighted by molar-refractivity contribution is 7.14. The lowest BCUT2D eigenvalue weighted by molar-refractivity contribution is -0.138. The van der Waals surface area contributed by atoms with E-state index in [1.54, 1.807) is 24.3 Å². The molecule has 3 fully saturated rings. The van der Waals surface area contributed by atoms with E-state index in [9.17, 15) is 18.8 Å². The molecule has 4 unspecified atom stereocenters. The zero-order valence-electron chi connectivity index (χ0n) is 22.2. The molecule has 4 atom stereocenters. The average molecular weight is 578 g/mol. The Balaban J connectivity index is 1.28. The first-order valence-corrected chi connectivity index (χ1v) is 14.5. The van der Waals surface area contributed by atoms with E-state index >= 15 is 0 Å². The maximum absolute atomic E-state index is 14.8. The number of carbonyl (C=O) groups is 3. The van der Waals surface area contributed by atoms with Crippen molar-refractivity contribution in [3.8, 4) is 11.3 Å². The molecule has 0 aliphatic carbocycles. The number of aromatic nitrogens is 1. The van der Waals surface area contributed by atoms with Crippen LogP contribution in [0.2, 0.25) is 0 Å². The highest BCUT2D eigenvalue weighted by Gasteiger charge is 2.52. The third kappa shape index (κ3) is 5.82. The molecule has 3 saturated heterocycles. The number of nitrogens with one attached hydrogen (secondary N) is 1. The van der Waals surface area contributed by atoms with Crippen LogP contribution in [0.4, 0.5) is 9.52 Å². The van der Waals surface area contributed by atoms with Gasteiger partial charge in [0.1, 0.15) is 30.5 Å². The van der Waals surface area contributed by atoms with Crippen molar-refractivity contribution in [1.82, 2.24) is 20.1 Å². The predicted octanol–water partition coefficient (Wildman–Crippen LogP) is 2.63. The summed E-state index contributed by atoms with van der Waals surface area (Å²) in [7, 11) is 2.06. The van der Waals surface area contributed by atoms with Gasteiger partial charge < -0.3 is 24.8 Å². The van der Waals surface area contributed by atoms with Gasteiger partial charge in [-0.1, -0.05) is 37.3 Å². The molecule has 1 aromatic heterocycles. The number of halogens is 2. The molecule has 0 saturated carbocycles. The van der Waals surface area contributed by atoms with Gasteiger partial charge in [0.2, 0.25) is 11.0 Å². The third-order valence-corrected chi connectivity index (χ3v) is 8.78. The lowest BCUT2D eigenvalue weighted by atomic mass is 10.0. The summed E-state index contributed by atoms with van der Waals surface area (Å²) >= 11 is 7.39. The molecule has 3 aliphatic heterocycles. The summed E-state index contributed by atoms with van der Waals surface area (Å²) in [5, 5.41) is 2.66. The number of ether oxygens (including phenoxy) is 1. The quantitative estimate of drug-likeness (QED) is 0.506. The summed E-state index contributed by atoms with van der Waals surface area (Å²) in [6.07, 6.45) is -0.119. The van der Waals surface area contributed by atoms with Crippen molar-refractivity contribution in [3.05, 3.63) is 35.0 Å². The number of nitrogens with zero attached hydrogens (tertiary/aromatic N) is 4. The molecule has 39 heavy (non-hydrogen) atoms. The molecular weight excluding hydrogens is 545 g/mol. The van der Waals surface area contributed by atoms with Crippen molar-refractivity contribution in [3.63, 3.8) is 0 Å². The van der Waals surface area contributed by atoms with Crippen LogP contribution in [-0.4, -0.2) is 102 Å². The number of ketones is 1. The van der Waals surface area contributed by atoms with Crippen LogP contribution in [0.5, 0.6) is 0 Å². The minimum absolute atomic E-state index is 0.0632. The molecule has 1 N–H and O–H groups in total. The fourth-order valence-corrected chi connectivity index (χ4v) is 6.57. The van der Waals surface area contributed by atoms with E-state index in [2.05, 4.69) is 27.1 Å². The van der Waals surface area contributed by atoms with E-state index in [-0.39, 0.29) is 41.6 Å². The highest BCUT2D eigenvalue weighted by Crippen LogP contribution is 2.33. The molecule has 4 heterocycles. The van der Waals surface area contributed by atoms with Gasteiger partial charge in [0.25, 0.3) is 5.91 Å². The van der Waals surface area contributed by atoms with Gasteiger partial charge in [-0.2, -0.15) is 4.39 Å². The fraction of sp³-hybridized carbons (Fsp3) is 0.556. The van der Waals surface area contributed by atoms with E-state index < -0.39 is 29.5 Å². The number of anilines is 1. The van der Waals surface area contributed by atoms with Crippen LogP contribution in [0.25, 0.3) is 11.3 Å². The number of rotatable bonds is 7. The van der Waals surface area contributed by atoms with E-state index in [0.29, 0.717) is 22.7 Å². The summed E-state index contributed by atoms with van der Waals surface area (Å²) < 4.78 is 20.3. The molecule has 1 aromatic carbocycles. The second-order valence-corrected chi connectivity index (χ2v) is 12.3. The minimum atomic E-state index is -0.824. The fourth-order valence-electron chi connectivity index (χ4n) is 5.34. The van der Waals surface area contributed by atoms with Crippen molar-refractivity contribution in [2.45, 2.75) is 43.8 Å². The molecule has 12 heteroatoms. The summed E-state index contributed by atoms with van der Waals surface area (Å²) in [5.74, 6) is -0.826. The van der Waals surface area contributed by atoms with Crippen molar-refractivity contribution < 1.29 is 23.5 Å². The lowest BCUT2D eigenvalue weighted by Gasteiger charge is -2.31. The van der Waals surface area contributed by atoms with Crippen LogP contribution < -0.4 is 10.2 Å². The Hall–Kier alpha value is -2.60. The second kappa shape index (κ2) is 11.5. The monoisotopic (exact) mass is 577 g/mol. The topological polar surface area (TPSA) is 95.1 Å². The molecule has 5 rings (SSSR count). The number of carbonyl (C=O) groups excluding carboxylic acids is 3. The number of Topliss-reactive ketones (excluding diaryl/α,β-unsaturated/α-hetero) is 1. The summed E-state index contributed by atoms with van der Waals surface area (Å²) in [5.41, 5.74) is 1.17.